The molecule has 7 nitrogen and oxygen atoms in total. The zero-order valence-corrected chi connectivity index (χ0v) is 11.5. The highest BCUT2D eigenvalue weighted by Gasteiger charge is 2.23. The molecule has 0 atom stereocenters. The lowest BCUT2D eigenvalue weighted by Gasteiger charge is -2.31. The number of nitrogens with one attached hydrogen (secondary N) is 1. The smallest absolute Gasteiger partial charge is 0.409 e. The molecule has 1 aliphatic heterocycles. The first-order valence-electron chi connectivity index (χ1n) is 6.68. The summed E-state index contributed by atoms with van der Waals surface area (Å²) in [6.45, 7) is 4.46. The van der Waals surface area contributed by atoms with Gasteiger partial charge in [-0.25, -0.2) is 9.78 Å². The van der Waals surface area contributed by atoms with Gasteiger partial charge in [0.05, 0.1) is 13.2 Å². The molecule has 0 saturated carbocycles. The van der Waals surface area contributed by atoms with Crippen LogP contribution in [0.5, 0.6) is 0 Å². The first-order valence-corrected chi connectivity index (χ1v) is 6.68. The van der Waals surface area contributed by atoms with E-state index in [2.05, 4.69) is 15.4 Å². The Balaban J connectivity index is 1.72. The fraction of sp³-hybridized carbons (Fsp3) is 0.750. The van der Waals surface area contributed by atoms with Crippen molar-refractivity contribution >= 4 is 6.09 Å². The molecule has 1 fully saturated rings. The van der Waals surface area contributed by atoms with E-state index >= 15 is 0 Å². The molecule has 1 aliphatic rings. The second-order valence-electron chi connectivity index (χ2n) is 4.64. The molecule has 19 heavy (non-hydrogen) atoms. The molecule has 1 aromatic rings. The van der Waals surface area contributed by atoms with Crippen LogP contribution in [0.1, 0.15) is 25.6 Å². The second kappa shape index (κ2) is 6.51. The number of carbonyl (C=O) groups is 1. The van der Waals surface area contributed by atoms with Crippen molar-refractivity contribution < 1.29 is 9.53 Å². The molecule has 1 N–H and O–H groups in total. The highest BCUT2D eigenvalue weighted by molar-refractivity contribution is 5.67. The van der Waals surface area contributed by atoms with Gasteiger partial charge in [0.2, 0.25) is 0 Å². The fourth-order valence-corrected chi connectivity index (χ4v) is 2.20. The number of rotatable bonds is 4. The maximum absolute atomic E-state index is 11.6. The summed E-state index contributed by atoms with van der Waals surface area (Å²) < 4.78 is 6.76. The number of aromatic nitrogens is 3. The van der Waals surface area contributed by atoms with Crippen LogP contribution < -0.4 is 5.32 Å². The normalized spacial score (nSPS) is 16.6. The van der Waals surface area contributed by atoms with E-state index in [0.29, 0.717) is 19.2 Å². The van der Waals surface area contributed by atoms with E-state index < -0.39 is 0 Å². The van der Waals surface area contributed by atoms with Crippen molar-refractivity contribution in [3.05, 3.63) is 12.2 Å². The number of amides is 1. The van der Waals surface area contributed by atoms with E-state index in [4.69, 9.17) is 4.74 Å². The summed E-state index contributed by atoms with van der Waals surface area (Å²) in [6.07, 6.45) is 3.24. The maximum Gasteiger partial charge on any atom is 0.409 e. The zero-order valence-electron chi connectivity index (χ0n) is 11.5. The van der Waals surface area contributed by atoms with Gasteiger partial charge in [-0.1, -0.05) is 0 Å². The van der Waals surface area contributed by atoms with Crippen molar-refractivity contribution in [1.29, 1.82) is 0 Å². The molecule has 1 saturated heterocycles. The minimum Gasteiger partial charge on any atom is -0.450 e. The molecule has 0 aromatic carbocycles. The topological polar surface area (TPSA) is 72.3 Å². The minimum absolute atomic E-state index is 0.200. The summed E-state index contributed by atoms with van der Waals surface area (Å²) in [7, 11) is 1.88. The Hall–Kier alpha value is -1.63. The van der Waals surface area contributed by atoms with Crippen LogP contribution in [0.25, 0.3) is 0 Å². The van der Waals surface area contributed by atoms with Gasteiger partial charge in [0.1, 0.15) is 12.2 Å². The third-order valence-electron chi connectivity index (χ3n) is 3.37. The lowest BCUT2D eigenvalue weighted by Crippen LogP contribution is -2.45. The molecule has 7 heteroatoms. The molecule has 0 aliphatic carbocycles. The van der Waals surface area contributed by atoms with Crippen LogP contribution in [0.4, 0.5) is 4.79 Å². The maximum atomic E-state index is 11.6. The van der Waals surface area contributed by atoms with Gasteiger partial charge in [-0.05, 0) is 19.8 Å². The number of ether oxygens (including phenoxy) is 1. The summed E-state index contributed by atoms with van der Waals surface area (Å²) in [5, 5.41) is 7.49. The average molecular weight is 267 g/mol. The SMILES string of the molecule is CCOC(=O)N1CCC(NCc2ncnn2C)CC1. The van der Waals surface area contributed by atoms with Crippen molar-refractivity contribution in [3.8, 4) is 0 Å². The predicted molar refractivity (Wildman–Crippen MR) is 69.5 cm³/mol. The van der Waals surface area contributed by atoms with Crippen LogP contribution in [0.2, 0.25) is 0 Å². The largest absolute Gasteiger partial charge is 0.450 e. The minimum atomic E-state index is -0.200. The monoisotopic (exact) mass is 267 g/mol. The zero-order chi connectivity index (χ0) is 13.7. The molecule has 106 valence electrons. The van der Waals surface area contributed by atoms with Crippen molar-refractivity contribution in [3.63, 3.8) is 0 Å². The van der Waals surface area contributed by atoms with Gasteiger partial charge < -0.3 is 15.0 Å². The molecule has 1 amide bonds. The Morgan fingerprint density at radius 3 is 2.84 bits per heavy atom. The number of likely N-dealkylation sites (tertiary alicyclic amines) is 1. The van der Waals surface area contributed by atoms with Crippen molar-refractivity contribution in [2.24, 2.45) is 7.05 Å². The first kappa shape index (κ1) is 13.8. The summed E-state index contributed by atoms with van der Waals surface area (Å²) in [4.78, 5) is 17.5. The Labute approximate surface area is 112 Å². The second-order valence-corrected chi connectivity index (χ2v) is 4.64. The van der Waals surface area contributed by atoms with Crippen molar-refractivity contribution in [1.82, 2.24) is 25.0 Å². The third kappa shape index (κ3) is 3.66. The van der Waals surface area contributed by atoms with Crippen LogP contribution in [0, 0.1) is 0 Å². The van der Waals surface area contributed by atoms with E-state index in [1.54, 1.807) is 15.9 Å². The Morgan fingerprint density at radius 1 is 1.53 bits per heavy atom. The van der Waals surface area contributed by atoms with Gasteiger partial charge in [0.25, 0.3) is 0 Å². The van der Waals surface area contributed by atoms with Gasteiger partial charge >= 0.3 is 6.09 Å². The molecule has 2 heterocycles. The summed E-state index contributed by atoms with van der Waals surface area (Å²) in [6, 6.07) is 0.419. The number of piperidine rings is 1. The van der Waals surface area contributed by atoms with Crippen LogP contribution in [-0.2, 0) is 18.3 Å². The molecular weight excluding hydrogens is 246 g/mol. The standard InChI is InChI=1S/C12H21N5O2/c1-3-19-12(18)17-6-4-10(5-7-17)13-8-11-14-9-15-16(11)2/h9-10,13H,3-8H2,1-2H3. The summed E-state index contributed by atoms with van der Waals surface area (Å²) in [5.41, 5.74) is 0. The van der Waals surface area contributed by atoms with E-state index in [1.807, 2.05) is 14.0 Å². The first-order chi connectivity index (χ1) is 9.20. The van der Waals surface area contributed by atoms with Crippen LogP contribution >= 0.6 is 0 Å². The van der Waals surface area contributed by atoms with Crippen LogP contribution in [-0.4, -0.2) is 51.5 Å². The fourth-order valence-electron chi connectivity index (χ4n) is 2.20. The van der Waals surface area contributed by atoms with Gasteiger partial charge in [-0.2, -0.15) is 5.10 Å². The number of nitrogens with zero attached hydrogens (tertiary/aromatic N) is 4. The Kier molecular flexibility index (Phi) is 4.73. The molecular formula is C12H21N5O2. The van der Waals surface area contributed by atoms with E-state index in [-0.39, 0.29) is 6.09 Å². The molecule has 2 rings (SSSR count). The predicted octanol–water partition coefficient (Wildman–Crippen LogP) is 0.526. The van der Waals surface area contributed by atoms with Gasteiger partial charge in [-0.15, -0.1) is 0 Å². The Bertz CT molecular complexity index is 412. The Morgan fingerprint density at radius 2 is 2.26 bits per heavy atom. The lowest BCUT2D eigenvalue weighted by atomic mass is 10.1. The van der Waals surface area contributed by atoms with Gasteiger partial charge in [-0.3, -0.25) is 4.68 Å². The van der Waals surface area contributed by atoms with Crippen molar-refractivity contribution in [2.75, 3.05) is 19.7 Å². The van der Waals surface area contributed by atoms with Crippen LogP contribution in [0.15, 0.2) is 6.33 Å². The van der Waals surface area contributed by atoms with E-state index in [9.17, 15) is 4.79 Å². The van der Waals surface area contributed by atoms with Gasteiger partial charge in [0, 0.05) is 26.2 Å². The quantitative estimate of drug-likeness (QED) is 0.861. The highest BCUT2D eigenvalue weighted by Crippen LogP contribution is 2.11. The third-order valence-corrected chi connectivity index (χ3v) is 3.37. The number of hydrogen-bond acceptors (Lipinski definition) is 5. The molecule has 0 radical (unpaired) electrons. The van der Waals surface area contributed by atoms with Gasteiger partial charge in [0.15, 0.2) is 0 Å². The van der Waals surface area contributed by atoms with Crippen molar-refractivity contribution in [2.45, 2.75) is 32.4 Å². The van der Waals surface area contributed by atoms with E-state index in [1.165, 1.54) is 0 Å². The summed E-state index contributed by atoms with van der Waals surface area (Å²) >= 11 is 0. The average Bonchev–Trinajstić information content (AvgIpc) is 2.83. The number of aryl methyl sites for hydroxylation is 1. The summed E-state index contributed by atoms with van der Waals surface area (Å²) in [5.74, 6) is 0.924. The molecule has 0 spiro atoms. The lowest BCUT2D eigenvalue weighted by molar-refractivity contribution is 0.0949. The van der Waals surface area contributed by atoms with E-state index in [0.717, 1.165) is 31.8 Å². The molecule has 1 aromatic heterocycles. The molecule has 0 unspecified atom stereocenters. The number of hydrogen-bond donors (Lipinski definition) is 1. The molecule has 0 bridgehead atoms. The van der Waals surface area contributed by atoms with Crippen LogP contribution in [0.3, 0.4) is 0 Å². The highest BCUT2D eigenvalue weighted by atomic mass is 16.6. The number of carbonyl (C=O) groups excluding carboxylic acids is 1.